The summed E-state index contributed by atoms with van der Waals surface area (Å²) in [5, 5.41) is 17.9. The molecule has 2 amide bonds. The van der Waals surface area contributed by atoms with Crippen molar-refractivity contribution in [2.45, 2.75) is 78.5 Å². The third-order valence-corrected chi connectivity index (χ3v) is 8.74. The number of rotatable bonds is 16. The average Bonchev–Trinajstić information content (AvgIpc) is 3.43. The van der Waals surface area contributed by atoms with Crippen LogP contribution in [0.5, 0.6) is 0 Å². The number of carbonyl (C=O) groups is 2. The third-order valence-electron chi connectivity index (χ3n) is 8.74. The highest BCUT2D eigenvalue weighted by molar-refractivity contribution is 6.01. The van der Waals surface area contributed by atoms with Crippen molar-refractivity contribution in [1.82, 2.24) is 20.5 Å². The number of hydrogen-bond acceptors (Lipinski definition) is 6. The minimum Gasteiger partial charge on any atom is -0.445 e. The average molecular weight is 701 g/mol. The SMILES string of the molecule is C#Cc1cccc(C(CC)NCC2C(O)[C@]2(CC(=C)/C=C(F)\C=C(/C)F)NC(=O)c2cc(C(=O)N(CC)CCC)cc(-c3ncco3)c2)c1.CC. The summed E-state index contributed by atoms with van der Waals surface area (Å²) in [6.07, 6.45) is 10.7. The van der Waals surface area contributed by atoms with Crippen molar-refractivity contribution in [3.05, 3.63) is 113 Å². The Morgan fingerprint density at radius 2 is 1.88 bits per heavy atom. The first kappa shape index (κ1) is 40.6. The van der Waals surface area contributed by atoms with Crippen LogP contribution in [0.4, 0.5) is 8.78 Å². The Morgan fingerprint density at radius 3 is 2.49 bits per heavy atom. The molecule has 3 aromatic rings. The van der Waals surface area contributed by atoms with E-state index in [0.29, 0.717) is 25.2 Å². The van der Waals surface area contributed by atoms with Crippen LogP contribution in [-0.4, -0.2) is 58.1 Å². The number of amides is 2. The molecular formula is C41H50F2N4O4. The number of aliphatic hydroxyl groups excluding tert-OH is 1. The van der Waals surface area contributed by atoms with Crippen molar-refractivity contribution in [2.75, 3.05) is 19.6 Å². The fourth-order valence-corrected chi connectivity index (χ4v) is 6.21. The highest BCUT2D eigenvalue weighted by Gasteiger charge is 2.64. The molecule has 0 aliphatic heterocycles. The van der Waals surface area contributed by atoms with E-state index in [-0.39, 0.29) is 41.0 Å². The fourth-order valence-electron chi connectivity index (χ4n) is 6.21. The largest absolute Gasteiger partial charge is 0.445 e. The molecule has 1 fully saturated rings. The molecule has 1 saturated carbocycles. The molecule has 0 bridgehead atoms. The van der Waals surface area contributed by atoms with E-state index in [4.69, 9.17) is 10.8 Å². The van der Waals surface area contributed by atoms with E-state index < -0.39 is 35.1 Å². The summed E-state index contributed by atoms with van der Waals surface area (Å²) in [6.45, 7) is 16.3. The van der Waals surface area contributed by atoms with Crippen LogP contribution in [0.25, 0.3) is 11.5 Å². The van der Waals surface area contributed by atoms with Gasteiger partial charge in [0.05, 0.1) is 23.7 Å². The summed E-state index contributed by atoms with van der Waals surface area (Å²) in [7, 11) is 0. The molecule has 1 aliphatic rings. The van der Waals surface area contributed by atoms with E-state index in [9.17, 15) is 23.5 Å². The van der Waals surface area contributed by atoms with Gasteiger partial charge >= 0.3 is 0 Å². The summed E-state index contributed by atoms with van der Waals surface area (Å²) in [5.74, 6) is 0.0141. The smallest absolute Gasteiger partial charge is 0.253 e. The van der Waals surface area contributed by atoms with E-state index >= 15 is 0 Å². The molecule has 3 N–H and O–H groups in total. The Hall–Kier alpha value is -4.85. The first-order chi connectivity index (χ1) is 24.5. The maximum atomic E-state index is 14.5. The molecule has 10 heteroatoms. The summed E-state index contributed by atoms with van der Waals surface area (Å²) in [5.41, 5.74) is 1.59. The van der Waals surface area contributed by atoms with Crippen LogP contribution in [0, 0.1) is 18.3 Å². The highest BCUT2D eigenvalue weighted by Crippen LogP contribution is 2.48. The van der Waals surface area contributed by atoms with Gasteiger partial charge in [0.2, 0.25) is 5.89 Å². The number of aromatic nitrogens is 1. The molecular weight excluding hydrogens is 650 g/mol. The first-order valence-corrected chi connectivity index (χ1v) is 17.5. The number of oxazole rings is 1. The number of carbonyl (C=O) groups excluding carboxylic acids is 2. The van der Waals surface area contributed by atoms with Gasteiger partial charge < -0.3 is 25.1 Å². The molecule has 1 aliphatic carbocycles. The summed E-state index contributed by atoms with van der Waals surface area (Å²) >= 11 is 0. The normalized spacial score (nSPS) is 18.9. The molecule has 4 atom stereocenters. The first-order valence-electron chi connectivity index (χ1n) is 17.5. The van der Waals surface area contributed by atoms with Gasteiger partial charge in [-0.2, -0.15) is 0 Å². The second kappa shape index (κ2) is 18.9. The Morgan fingerprint density at radius 1 is 1.16 bits per heavy atom. The number of halogens is 2. The minimum atomic E-state index is -1.24. The number of benzene rings is 2. The maximum Gasteiger partial charge on any atom is 0.253 e. The zero-order valence-electron chi connectivity index (χ0n) is 30.4. The Labute approximate surface area is 300 Å². The highest BCUT2D eigenvalue weighted by atomic mass is 19.1. The van der Waals surface area contributed by atoms with Crippen molar-refractivity contribution in [3.63, 3.8) is 0 Å². The van der Waals surface area contributed by atoms with Crippen molar-refractivity contribution in [2.24, 2.45) is 5.92 Å². The van der Waals surface area contributed by atoms with Gasteiger partial charge in [-0.05, 0) is 80.7 Å². The Kier molecular flexibility index (Phi) is 15.1. The molecule has 0 radical (unpaired) electrons. The summed E-state index contributed by atoms with van der Waals surface area (Å²) in [4.78, 5) is 33.5. The van der Waals surface area contributed by atoms with Crippen molar-refractivity contribution >= 4 is 11.8 Å². The number of hydrogen-bond donors (Lipinski definition) is 3. The van der Waals surface area contributed by atoms with Crippen LogP contribution in [0.3, 0.4) is 0 Å². The number of terminal acetylenes is 1. The van der Waals surface area contributed by atoms with E-state index in [1.807, 2.05) is 58.9 Å². The maximum absolute atomic E-state index is 14.5. The molecule has 4 rings (SSSR count). The minimum absolute atomic E-state index is 0.0203. The fraction of sp³-hybridized carbons (Fsp3) is 0.390. The molecule has 51 heavy (non-hydrogen) atoms. The Balaban J connectivity index is 0.00000345. The van der Waals surface area contributed by atoms with Crippen LogP contribution < -0.4 is 10.6 Å². The van der Waals surface area contributed by atoms with Gasteiger partial charge in [-0.15, -0.1) is 6.42 Å². The number of nitrogens with zero attached hydrogens (tertiary/aromatic N) is 2. The lowest BCUT2D eigenvalue weighted by Gasteiger charge is -2.23. The number of aliphatic hydroxyl groups is 1. The van der Waals surface area contributed by atoms with E-state index in [1.165, 1.54) is 18.5 Å². The lowest BCUT2D eigenvalue weighted by atomic mass is 9.99. The quantitative estimate of drug-likeness (QED) is 0.103. The van der Waals surface area contributed by atoms with E-state index in [0.717, 1.165) is 43.0 Å². The molecule has 272 valence electrons. The number of allylic oxidation sites excluding steroid dienone is 4. The molecule has 8 nitrogen and oxygen atoms in total. The number of nitrogens with one attached hydrogen (secondary N) is 2. The van der Waals surface area contributed by atoms with Gasteiger partial charge in [-0.25, -0.2) is 13.8 Å². The van der Waals surface area contributed by atoms with Crippen LogP contribution in [0.15, 0.2) is 95.3 Å². The molecule has 0 spiro atoms. The Bertz CT molecular complexity index is 1760. The zero-order valence-corrected chi connectivity index (χ0v) is 30.4. The van der Waals surface area contributed by atoms with Gasteiger partial charge in [0.25, 0.3) is 11.8 Å². The summed E-state index contributed by atoms with van der Waals surface area (Å²) in [6, 6.07) is 12.2. The van der Waals surface area contributed by atoms with E-state index in [1.54, 1.807) is 17.0 Å². The van der Waals surface area contributed by atoms with Crippen molar-refractivity contribution in [1.29, 1.82) is 0 Å². The predicted molar refractivity (Wildman–Crippen MR) is 198 cm³/mol. The second-order valence-electron chi connectivity index (χ2n) is 12.3. The molecule has 3 unspecified atom stereocenters. The monoisotopic (exact) mass is 700 g/mol. The van der Waals surface area contributed by atoms with Gasteiger partial charge in [-0.3, -0.25) is 9.59 Å². The lowest BCUT2D eigenvalue weighted by molar-refractivity contribution is 0.0764. The van der Waals surface area contributed by atoms with Crippen molar-refractivity contribution in [3.8, 4) is 23.8 Å². The molecule has 2 aromatic carbocycles. The van der Waals surface area contributed by atoms with Gasteiger partial charge in [0.15, 0.2) is 0 Å². The van der Waals surface area contributed by atoms with Crippen LogP contribution in [0.2, 0.25) is 0 Å². The predicted octanol–water partition coefficient (Wildman–Crippen LogP) is 8.09. The van der Waals surface area contributed by atoms with Crippen LogP contribution in [0.1, 0.15) is 98.7 Å². The van der Waals surface area contributed by atoms with Gasteiger partial charge in [0.1, 0.15) is 12.1 Å². The molecule has 0 saturated heterocycles. The van der Waals surface area contributed by atoms with Crippen molar-refractivity contribution < 1.29 is 27.9 Å². The summed E-state index contributed by atoms with van der Waals surface area (Å²) < 4.78 is 33.3. The second-order valence-corrected chi connectivity index (χ2v) is 12.3. The zero-order chi connectivity index (χ0) is 37.7. The van der Waals surface area contributed by atoms with Gasteiger partial charge in [-0.1, -0.05) is 52.3 Å². The molecule has 1 aromatic heterocycles. The standard InChI is InChI=1S/C39H44F2N4O4.C2H6/c1-7-15-45(10-4)38(48)31-21-29(20-30(22-31)37-42-14-16-49-37)36(47)44-39(23-25(5)17-32(41)18-26(6)40)33(35(39)46)24-43-34(9-3)28-13-11-12-27(8-2)19-28;1-2/h2,11-14,16-22,33-35,43,46H,5,7,9-10,15,23-24H2,1,3-4,6H3,(H,44,47);1-2H3/b26-18+,32-17+;/t33?,34?,35?,39-;/m1./s1. The topological polar surface area (TPSA) is 108 Å². The van der Waals surface area contributed by atoms with Crippen LogP contribution >= 0.6 is 0 Å². The van der Waals surface area contributed by atoms with Gasteiger partial charge in [0, 0.05) is 59.9 Å². The third kappa shape index (κ3) is 10.3. The van der Waals surface area contributed by atoms with Crippen LogP contribution in [-0.2, 0) is 0 Å². The lowest BCUT2D eigenvalue weighted by Crippen LogP contribution is -2.42. The molecule has 1 heterocycles. The van der Waals surface area contributed by atoms with E-state index in [2.05, 4.69) is 28.1 Å².